The predicted molar refractivity (Wildman–Crippen MR) is 80.5 cm³/mol. The van der Waals surface area contributed by atoms with Crippen LogP contribution in [-0.4, -0.2) is 25.6 Å². The molecule has 7 nitrogen and oxygen atoms in total. The Hall–Kier alpha value is -3.27. The molecule has 3 rings (SSSR count). The van der Waals surface area contributed by atoms with Gasteiger partial charge in [0.05, 0.1) is 11.6 Å². The van der Waals surface area contributed by atoms with Crippen LogP contribution in [0.1, 0.15) is 33.1 Å². The maximum Gasteiger partial charge on any atom is 0.378 e. The van der Waals surface area contributed by atoms with E-state index in [2.05, 4.69) is 15.1 Å². The number of carbonyl (C=O) groups excluding carboxylic acids is 1. The van der Waals surface area contributed by atoms with E-state index >= 15 is 0 Å². The van der Waals surface area contributed by atoms with Crippen LogP contribution < -0.4 is 0 Å². The highest BCUT2D eigenvalue weighted by Gasteiger charge is 2.16. The second kappa shape index (κ2) is 5.85. The normalized spacial score (nSPS) is 10.5. The number of hydrogen-bond donors (Lipinski definition) is 0. The zero-order chi connectivity index (χ0) is 16.4. The largest absolute Gasteiger partial charge is 0.455 e. The molecule has 114 valence electrons. The Kier molecular flexibility index (Phi) is 3.73. The lowest BCUT2D eigenvalue weighted by Gasteiger charge is -2.02. The summed E-state index contributed by atoms with van der Waals surface area (Å²) < 4.78 is 6.70. The van der Waals surface area contributed by atoms with Gasteiger partial charge in [-0.15, -0.1) is 5.10 Å². The van der Waals surface area contributed by atoms with Crippen molar-refractivity contribution in [3.05, 3.63) is 58.7 Å². The number of nitrogens with zero attached hydrogens (tertiary/aromatic N) is 5. The van der Waals surface area contributed by atoms with Crippen molar-refractivity contribution in [1.82, 2.24) is 19.6 Å². The third-order valence-corrected chi connectivity index (χ3v) is 3.25. The summed E-state index contributed by atoms with van der Waals surface area (Å²) in [5.41, 5.74) is 2.98. The molecule has 0 aliphatic rings. The molecule has 7 heteroatoms. The van der Waals surface area contributed by atoms with Crippen LogP contribution in [0.5, 0.6) is 0 Å². The molecule has 0 aliphatic heterocycles. The second-order valence-corrected chi connectivity index (χ2v) is 5.07. The van der Waals surface area contributed by atoms with Crippen molar-refractivity contribution in [1.29, 1.82) is 5.26 Å². The van der Waals surface area contributed by atoms with Gasteiger partial charge in [-0.05, 0) is 37.6 Å². The summed E-state index contributed by atoms with van der Waals surface area (Å²) in [5, 5.41) is 12.9. The van der Waals surface area contributed by atoms with Crippen LogP contribution in [0.15, 0.2) is 30.3 Å². The number of nitriles is 1. The number of hydrogen-bond acceptors (Lipinski definition) is 6. The summed E-state index contributed by atoms with van der Waals surface area (Å²) in [5.74, 6) is -0.274. The zero-order valence-corrected chi connectivity index (χ0v) is 12.6. The monoisotopic (exact) mass is 307 g/mol. The van der Waals surface area contributed by atoms with Gasteiger partial charge in [-0.1, -0.05) is 12.1 Å². The molecule has 0 atom stereocenters. The first-order valence-corrected chi connectivity index (χ1v) is 6.94. The van der Waals surface area contributed by atoms with E-state index in [1.54, 1.807) is 24.3 Å². The van der Waals surface area contributed by atoms with Gasteiger partial charge < -0.3 is 4.74 Å². The molecule has 2 aromatic heterocycles. The van der Waals surface area contributed by atoms with Crippen LogP contribution in [0.4, 0.5) is 0 Å². The molecule has 2 heterocycles. The third kappa shape index (κ3) is 3.01. The van der Waals surface area contributed by atoms with E-state index in [4.69, 9.17) is 10.00 Å². The first-order chi connectivity index (χ1) is 11.1. The average molecular weight is 307 g/mol. The molecule has 0 bridgehead atoms. The number of aromatic nitrogens is 4. The molecule has 1 aromatic carbocycles. The van der Waals surface area contributed by atoms with Gasteiger partial charge in [-0.25, -0.2) is 14.3 Å². The van der Waals surface area contributed by atoms with Crippen molar-refractivity contribution in [3.63, 3.8) is 0 Å². The van der Waals surface area contributed by atoms with Crippen LogP contribution in [0.25, 0.3) is 5.78 Å². The van der Waals surface area contributed by atoms with E-state index in [9.17, 15) is 4.79 Å². The Bertz CT molecular complexity index is 922. The lowest BCUT2D eigenvalue weighted by atomic mass is 10.2. The molecule has 0 N–H and O–H groups in total. The molecule has 23 heavy (non-hydrogen) atoms. The highest BCUT2D eigenvalue weighted by Crippen LogP contribution is 2.08. The first kappa shape index (κ1) is 14.7. The van der Waals surface area contributed by atoms with Crippen molar-refractivity contribution < 1.29 is 9.53 Å². The summed E-state index contributed by atoms with van der Waals surface area (Å²) in [6.45, 7) is 3.80. The van der Waals surface area contributed by atoms with Gasteiger partial charge in [0.1, 0.15) is 6.61 Å². The van der Waals surface area contributed by atoms with Gasteiger partial charge in [0, 0.05) is 11.4 Å². The highest BCUT2D eigenvalue weighted by molar-refractivity contribution is 5.85. The Morgan fingerprint density at radius 3 is 2.70 bits per heavy atom. The van der Waals surface area contributed by atoms with Crippen molar-refractivity contribution in [2.75, 3.05) is 0 Å². The molecule has 0 amide bonds. The van der Waals surface area contributed by atoms with Gasteiger partial charge in [0.15, 0.2) is 0 Å². The Balaban J connectivity index is 1.75. The number of esters is 1. The summed E-state index contributed by atoms with van der Waals surface area (Å²) in [7, 11) is 0. The van der Waals surface area contributed by atoms with E-state index in [0.717, 1.165) is 17.0 Å². The zero-order valence-electron chi connectivity index (χ0n) is 12.6. The summed E-state index contributed by atoms with van der Waals surface area (Å²) in [6, 6.07) is 10.7. The van der Waals surface area contributed by atoms with Crippen LogP contribution in [-0.2, 0) is 11.3 Å². The van der Waals surface area contributed by atoms with E-state index < -0.39 is 5.97 Å². The molecule has 0 saturated heterocycles. The first-order valence-electron chi connectivity index (χ1n) is 6.94. The average Bonchev–Trinajstić information content (AvgIpc) is 2.97. The standard InChI is InChI=1S/C16H13N5O2/c1-10-7-11(2)21-16(18-10)19-14(20-21)15(22)23-9-13-5-3-12(8-17)4-6-13/h3-7H,9H2,1-2H3. The SMILES string of the molecule is Cc1cc(C)n2nc(C(=O)OCc3ccc(C#N)cc3)nc2n1. The van der Waals surface area contributed by atoms with Crippen molar-refractivity contribution in [2.45, 2.75) is 20.5 Å². The molecule has 0 saturated carbocycles. The summed E-state index contributed by atoms with van der Waals surface area (Å²) in [4.78, 5) is 20.4. The molecule has 3 aromatic rings. The smallest absolute Gasteiger partial charge is 0.378 e. The minimum absolute atomic E-state index is 0.0279. The quantitative estimate of drug-likeness (QED) is 0.687. The summed E-state index contributed by atoms with van der Waals surface area (Å²) in [6.07, 6.45) is 0. The van der Waals surface area contributed by atoms with Crippen LogP contribution in [0.3, 0.4) is 0 Å². The number of benzene rings is 1. The van der Waals surface area contributed by atoms with Crippen LogP contribution >= 0.6 is 0 Å². The Morgan fingerprint density at radius 1 is 1.26 bits per heavy atom. The lowest BCUT2D eigenvalue weighted by molar-refractivity contribution is 0.0458. The van der Waals surface area contributed by atoms with E-state index in [-0.39, 0.29) is 12.4 Å². The predicted octanol–water partition coefficient (Wildman–Crippen LogP) is 1.97. The Morgan fingerprint density at radius 2 is 2.00 bits per heavy atom. The third-order valence-electron chi connectivity index (χ3n) is 3.25. The van der Waals surface area contributed by atoms with Gasteiger partial charge in [0.25, 0.3) is 11.6 Å². The molecular formula is C16H13N5O2. The number of rotatable bonds is 3. The van der Waals surface area contributed by atoms with Crippen LogP contribution in [0, 0.1) is 25.2 Å². The number of carbonyl (C=O) groups is 1. The van der Waals surface area contributed by atoms with Gasteiger partial charge in [-0.3, -0.25) is 0 Å². The number of ether oxygens (including phenoxy) is 1. The highest BCUT2D eigenvalue weighted by atomic mass is 16.5. The van der Waals surface area contributed by atoms with Crippen LogP contribution in [0.2, 0.25) is 0 Å². The molecule has 0 aliphatic carbocycles. The minimum atomic E-state index is -0.614. The maximum atomic E-state index is 12.1. The fourth-order valence-electron chi connectivity index (χ4n) is 2.14. The van der Waals surface area contributed by atoms with Gasteiger partial charge in [-0.2, -0.15) is 10.2 Å². The molecule has 0 spiro atoms. The lowest BCUT2D eigenvalue weighted by Crippen LogP contribution is -2.08. The maximum absolute atomic E-state index is 12.1. The molecule has 0 radical (unpaired) electrons. The van der Waals surface area contributed by atoms with E-state index in [1.165, 1.54) is 4.52 Å². The van der Waals surface area contributed by atoms with E-state index in [1.807, 2.05) is 26.0 Å². The van der Waals surface area contributed by atoms with Crippen molar-refractivity contribution in [2.24, 2.45) is 0 Å². The Labute approximate surface area is 132 Å². The van der Waals surface area contributed by atoms with Crippen molar-refractivity contribution in [3.8, 4) is 6.07 Å². The number of fused-ring (bicyclic) bond motifs is 1. The van der Waals surface area contributed by atoms with Gasteiger partial charge >= 0.3 is 5.97 Å². The van der Waals surface area contributed by atoms with Crippen molar-refractivity contribution >= 4 is 11.7 Å². The molecule has 0 unspecified atom stereocenters. The van der Waals surface area contributed by atoms with Gasteiger partial charge in [0.2, 0.25) is 0 Å². The molecule has 0 fully saturated rings. The van der Waals surface area contributed by atoms with E-state index in [0.29, 0.717) is 11.3 Å². The minimum Gasteiger partial charge on any atom is -0.455 e. The topological polar surface area (TPSA) is 93.2 Å². The number of aryl methyl sites for hydroxylation is 2. The second-order valence-electron chi connectivity index (χ2n) is 5.07. The summed E-state index contributed by atoms with van der Waals surface area (Å²) >= 11 is 0. The fraction of sp³-hybridized carbons (Fsp3) is 0.188. The molecular weight excluding hydrogens is 294 g/mol. The fourth-order valence-corrected chi connectivity index (χ4v) is 2.14.